The van der Waals surface area contributed by atoms with Gasteiger partial charge in [0.2, 0.25) is 10.0 Å². The molecule has 1 aromatic rings. The zero-order chi connectivity index (χ0) is 21.1. The summed E-state index contributed by atoms with van der Waals surface area (Å²) in [6.45, 7) is 7.17. The van der Waals surface area contributed by atoms with Crippen molar-refractivity contribution in [1.82, 2.24) is 9.62 Å². The highest BCUT2D eigenvalue weighted by molar-refractivity contribution is 7.89. The van der Waals surface area contributed by atoms with Crippen LogP contribution < -0.4 is 5.32 Å². The van der Waals surface area contributed by atoms with Crippen LogP contribution in [-0.2, 0) is 24.3 Å². The highest BCUT2D eigenvalue weighted by Crippen LogP contribution is 2.25. The molecule has 0 aromatic heterocycles. The summed E-state index contributed by atoms with van der Waals surface area (Å²) in [7, 11) is -3.83. The average Bonchev–Trinajstić information content (AvgIpc) is 2.60. The molecule has 2 atom stereocenters. The van der Waals surface area contributed by atoms with Crippen LogP contribution >= 0.6 is 0 Å². The van der Waals surface area contributed by atoms with Gasteiger partial charge < -0.3 is 10.1 Å². The number of carbonyl (C=O) groups excluding carboxylic acids is 2. The summed E-state index contributed by atoms with van der Waals surface area (Å²) >= 11 is 0. The molecule has 1 aliphatic rings. The molecule has 9 heteroatoms. The predicted octanol–water partition coefficient (Wildman–Crippen LogP) is 2.07. The smallest absolute Gasteiger partial charge is 0.311 e. The highest BCUT2D eigenvalue weighted by atomic mass is 32.2. The molecule has 0 saturated carbocycles. The highest BCUT2D eigenvalue weighted by Gasteiger charge is 2.35. The first-order chi connectivity index (χ1) is 12.9. The number of nitrogens with one attached hydrogen (secondary N) is 1. The molecule has 1 N–H and O–H groups in total. The molecule has 0 aliphatic carbocycles. The largest absolute Gasteiger partial charge is 0.452 e. The van der Waals surface area contributed by atoms with Crippen molar-refractivity contribution in [2.45, 2.75) is 57.1 Å². The van der Waals surface area contributed by atoms with Crippen molar-refractivity contribution < 1.29 is 27.1 Å². The molecular weight excluding hydrogens is 387 g/mol. The molecule has 1 heterocycles. The summed E-state index contributed by atoms with van der Waals surface area (Å²) < 4.78 is 45.0. The van der Waals surface area contributed by atoms with Gasteiger partial charge in [-0.15, -0.1) is 0 Å². The zero-order valence-electron chi connectivity index (χ0n) is 16.6. The first kappa shape index (κ1) is 22.3. The maximum atomic E-state index is 13.1. The van der Waals surface area contributed by atoms with Gasteiger partial charge in [0.1, 0.15) is 5.82 Å². The summed E-state index contributed by atoms with van der Waals surface area (Å²) in [4.78, 5) is 24.5. The minimum Gasteiger partial charge on any atom is -0.452 e. The van der Waals surface area contributed by atoms with Crippen LogP contribution in [-0.4, -0.2) is 49.3 Å². The van der Waals surface area contributed by atoms with Crippen molar-refractivity contribution in [2.75, 3.05) is 13.1 Å². The molecule has 2 rings (SSSR count). The van der Waals surface area contributed by atoms with Gasteiger partial charge in [0.15, 0.2) is 6.10 Å². The summed E-state index contributed by atoms with van der Waals surface area (Å²) in [5, 5.41) is 2.73. The van der Waals surface area contributed by atoms with Crippen molar-refractivity contribution in [1.29, 1.82) is 0 Å². The average molecular weight is 414 g/mol. The second-order valence-electron chi connectivity index (χ2n) is 7.97. The number of nitrogens with zero attached hydrogens (tertiary/aromatic N) is 1. The van der Waals surface area contributed by atoms with E-state index in [0.717, 1.165) is 12.1 Å². The van der Waals surface area contributed by atoms with Crippen LogP contribution in [0.2, 0.25) is 0 Å². The van der Waals surface area contributed by atoms with E-state index < -0.39 is 45.3 Å². The molecule has 0 bridgehead atoms. The van der Waals surface area contributed by atoms with E-state index in [1.165, 1.54) is 23.4 Å². The molecule has 1 aliphatic heterocycles. The van der Waals surface area contributed by atoms with E-state index in [4.69, 9.17) is 4.74 Å². The Morgan fingerprint density at radius 1 is 1.25 bits per heavy atom. The summed E-state index contributed by atoms with van der Waals surface area (Å²) in [6, 6.07) is 4.56. The van der Waals surface area contributed by atoms with Gasteiger partial charge in [-0.05, 0) is 64.8 Å². The Morgan fingerprint density at radius 2 is 1.86 bits per heavy atom. The van der Waals surface area contributed by atoms with Gasteiger partial charge in [-0.2, -0.15) is 4.31 Å². The maximum Gasteiger partial charge on any atom is 0.311 e. The lowest BCUT2D eigenvalue weighted by molar-refractivity contribution is -0.160. The standard InChI is InChI=1S/C19H27FN2O5S/c1-13(17(23)21-19(2,3)4)27-18(24)14-6-5-11-22(12-14)28(25,26)16-9-7-15(20)8-10-16/h7-10,13-14H,5-6,11-12H2,1-4H3,(H,21,23). The molecule has 1 saturated heterocycles. The molecule has 156 valence electrons. The van der Waals surface area contributed by atoms with Crippen molar-refractivity contribution in [3.63, 3.8) is 0 Å². The van der Waals surface area contributed by atoms with E-state index in [9.17, 15) is 22.4 Å². The van der Waals surface area contributed by atoms with Gasteiger partial charge in [-0.3, -0.25) is 9.59 Å². The van der Waals surface area contributed by atoms with E-state index in [1.807, 2.05) is 20.8 Å². The third-order valence-electron chi connectivity index (χ3n) is 4.33. The second kappa shape index (κ2) is 8.57. The van der Waals surface area contributed by atoms with E-state index >= 15 is 0 Å². The van der Waals surface area contributed by atoms with Gasteiger partial charge in [-0.1, -0.05) is 0 Å². The van der Waals surface area contributed by atoms with Crippen molar-refractivity contribution in [3.05, 3.63) is 30.1 Å². The molecule has 1 amide bonds. The van der Waals surface area contributed by atoms with Crippen molar-refractivity contribution in [3.8, 4) is 0 Å². The lowest BCUT2D eigenvalue weighted by Gasteiger charge is -2.31. The van der Waals surface area contributed by atoms with E-state index in [0.29, 0.717) is 12.8 Å². The fourth-order valence-corrected chi connectivity index (χ4v) is 4.43. The Labute approximate surface area is 165 Å². The zero-order valence-corrected chi connectivity index (χ0v) is 17.4. The molecular formula is C19H27FN2O5S. The van der Waals surface area contributed by atoms with Gasteiger partial charge in [0.05, 0.1) is 10.8 Å². The Kier molecular flexibility index (Phi) is 6.82. The van der Waals surface area contributed by atoms with Crippen LogP contribution in [0.5, 0.6) is 0 Å². The number of amides is 1. The van der Waals surface area contributed by atoms with Gasteiger partial charge in [0, 0.05) is 18.6 Å². The monoisotopic (exact) mass is 414 g/mol. The number of benzene rings is 1. The molecule has 1 fully saturated rings. The minimum absolute atomic E-state index is 0.0270. The number of rotatable bonds is 5. The summed E-state index contributed by atoms with van der Waals surface area (Å²) in [6.07, 6.45) is -0.0132. The number of hydrogen-bond donors (Lipinski definition) is 1. The van der Waals surface area contributed by atoms with Crippen LogP contribution in [0.3, 0.4) is 0 Å². The Hall–Kier alpha value is -2.00. The summed E-state index contributed by atoms with van der Waals surface area (Å²) in [5.74, 6) is -2.20. The second-order valence-corrected chi connectivity index (χ2v) is 9.91. The molecule has 2 unspecified atom stereocenters. The number of sulfonamides is 1. The minimum atomic E-state index is -3.83. The normalized spacial score (nSPS) is 19.7. The van der Waals surface area contributed by atoms with Crippen LogP contribution in [0.15, 0.2) is 29.2 Å². The van der Waals surface area contributed by atoms with Crippen LogP contribution in [0.25, 0.3) is 0 Å². The first-order valence-corrected chi connectivity index (χ1v) is 10.6. The predicted molar refractivity (Wildman–Crippen MR) is 101 cm³/mol. The number of piperidine rings is 1. The van der Waals surface area contributed by atoms with Crippen molar-refractivity contribution >= 4 is 21.9 Å². The van der Waals surface area contributed by atoms with Gasteiger partial charge >= 0.3 is 5.97 Å². The number of halogens is 1. The SMILES string of the molecule is CC(OC(=O)C1CCCN(S(=O)(=O)c2ccc(F)cc2)C1)C(=O)NC(C)(C)C. The Morgan fingerprint density at radius 3 is 2.43 bits per heavy atom. The fourth-order valence-electron chi connectivity index (χ4n) is 2.90. The molecule has 0 radical (unpaired) electrons. The van der Waals surface area contributed by atoms with Crippen LogP contribution in [0, 0.1) is 11.7 Å². The fraction of sp³-hybridized carbons (Fsp3) is 0.579. The van der Waals surface area contributed by atoms with E-state index in [2.05, 4.69) is 5.32 Å². The third kappa shape index (κ3) is 5.75. The quantitative estimate of drug-likeness (QED) is 0.745. The maximum absolute atomic E-state index is 13.1. The van der Waals surface area contributed by atoms with Crippen LogP contribution in [0.1, 0.15) is 40.5 Å². The number of carbonyl (C=O) groups is 2. The number of esters is 1. The van der Waals surface area contributed by atoms with Crippen LogP contribution in [0.4, 0.5) is 4.39 Å². The van der Waals surface area contributed by atoms with E-state index in [1.54, 1.807) is 0 Å². The number of ether oxygens (including phenoxy) is 1. The molecule has 7 nitrogen and oxygen atoms in total. The van der Waals surface area contributed by atoms with Crippen molar-refractivity contribution in [2.24, 2.45) is 5.92 Å². The molecule has 28 heavy (non-hydrogen) atoms. The van der Waals surface area contributed by atoms with Gasteiger partial charge in [0.25, 0.3) is 5.91 Å². The number of hydrogen-bond acceptors (Lipinski definition) is 5. The Bertz CT molecular complexity index is 818. The van der Waals surface area contributed by atoms with Gasteiger partial charge in [-0.25, -0.2) is 12.8 Å². The summed E-state index contributed by atoms with van der Waals surface area (Å²) in [5.41, 5.74) is -0.456. The third-order valence-corrected chi connectivity index (χ3v) is 6.21. The molecule has 1 aromatic carbocycles. The Balaban J connectivity index is 2.03. The topological polar surface area (TPSA) is 92.8 Å². The first-order valence-electron chi connectivity index (χ1n) is 9.18. The van der Waals surface area contributed by atoms with E-state index in [-0.39, 0.29) is 18.0 Å². The lowest BCUT2D eigenvalue weighted by atomic mass is 10.00. The molecule has 0 spiro atoms. The lowest BCUT2D eigenvalue weighted by Crippen LogP contribution is -2.48.